The van der Waals surface area contributed by atoms with Crippen LogP contribution < -0.4 is 0 Å². The van der Waals surface area contributed by atoms with Gasteiger partial charge in [0.25, 0.3) is 0 Å². The second-order valence-corrected chi connectivity index (χ2v) is 5.95. The Labute approximate surface area is 122 Å². The largest absolute Gasteiger partial charge is 0.392 e. The molecule has 0 radical (unpaired) electrons. The normalized spacial score (nSPS) is 20.5. The molecular weight excluding hydrogens is 272 g/mol. The minimum atomic E-state index is -2.54. The highest BCUT2D eigenvalue weighted by atomic mass is 19.3. The summed E-state index contributed by atoms with van der Waals surface area (Å²) in [7, 11) is 0. The van der Waals surface area contributed by atoms with E-state index < -0.39 is 12.0 Å². The van der Waals surface area contributed by atoms with Gasteiger partial charge in [-0.1, -0.05) is 18.2 Å². The van der Waals surface area contributed by atoms with Gasteiger partial charge in [-0.3, -0.25) is 4.98 Å². The lowest BCUT2D eigenvalue weighted by molar-refractivity contribution is -0.0619. The van der Waals surface area contributed by atoms with Gasteiger partial charge in [-0.25, -0.2) is 8.78 Å². The van der Waals surface area contributed by atoms with Gasteiger partial charge in [0.05, 0.1) is 11.6 Å². The van der Waals surface area contributed by atoms with Crippen molar-refractivity contribution in [2.75, 3.05) is 0 Å². The number of halogens is 2. The van der Waals surface area contributed by atoms with Gasteiger partial charge in [0.1, 0.15) is 0 Å². The predicted molar refractivity (Wildman–Crippen MR) is 78.4 cm³/mol. The van der Waals surface area contributed by atoms with E-state index in [9.17, 15) is 13.9 Å². The Morgan fingerprint density at radius 2 is 1.90 bits per heavy atom. The van der Waals surface area contributed by atoms with E-state index in [2.05, 4.69) is 4.98 Å². The zero-order valence-corrected chi connectivity index (χ0v) is 11.8. The first-order valence-corrected chi connectivity index (χ1v) is 7.44. The Balaban J connectivity index is 1.73. The van der Waals surface area contributed by atoms with Crippen LogP contribution in [0.25, 0.3) is 10.9 Å². The van der Waals surface area contributed by atoms with Gasteiger partial charge in [-0.2, -0.15) is 0 Å². The van der Waals surface area contributed by atoms with E-state index in [-0.39, 0.29) is 18.8 Å². The molecule has 0 spiro atoms. The zero-order chi connectivity index (χ0) is 14.9. The van der Waals surface area contributed by atoms with E-state index >= 15 is 0 Å². The summed E-state index contributed by atoms with van der Waals surface area (Å²) < 4.78 is 26.4. The third-order valence-corrected chi connectivity index (χ3v) is 4.47. The number of alkyl halides is 2. The molecule has 1 saturated carbocycles. The summed E-state index contributed by atoms with van der Waals surface area (Å²) in [5, 5.41) is 11.4. The Morgan fingerprint density at radius 1 is 1.19 bits per heavy atom. The maximum absolute atomic E-state index is 13.2. The van der Waals surface area contributed by atoms with Crippen LogP contribution in [-0.2, 0) is 6.42 Å². The summed E-state index contributed by atoms with van der Waals surface area (Å²) in [4.78, 5) is 4.30. The molecule has 0 amide bonds. The Kier molecular flexibility index (Phi) is 3.89. The molecular formula is C17H19F2NO. The fraction of sp³-hybridized carbons (Fsp3) is 0.471. The van der Waals surface area contributed by atoms with Crippen LogP contribution in [0.1, 0.15) is 31.2 Å². The summed E-state index contributed by atoms with van der Waals surface area (Å²) in [5.41, 5.74) is 1.93. The van der Waals surface area contributed by atoms with E-state index in [1.54, 1.807) is 6.20 Å². The van der Waals surface area contributed by atoms with E-state index in [4.69, 9.17) is 0 Å². The van der Waals surface area contributed by atoms with Crippen LogP contribution in [0.4, 0.5) is 8.78 Å². The maximum atomic E-state index is 13.2. The first-order valence-electron chi connectivity index (χ1n) is 7.44. The summed E-state index contributed by atoms with van der Waals surface area (Å²) in [5.74, 6) is -2.57. The lowest BCUT2D eigenvalue weighted by Crippen LogP contribution is -2.32. The Morgan fingerprint density at radius 3 is 2.67 bits per heavy atom. The molecule has 0 aliphatic heterocycles. The number of hydrogen-bond acceptors (Lipinski definition) is 2. The summed E-state index contributed by atoms with van der Waals surface area (Å²) in [6.45, 7) is 0. The van der Waals surface area contributed by atoms with Gasteiger partial charge in [0.15, 0.2) is 0 Å². The Bertz CT molecular complexity index is 614. The van der Waals surface area contributed by atoms with Gasteiger partial charge < -0.3 is 5.11 Å². The van der Waals surface area contributed by atoms with Crippen LogP contribution in [0.3, 0.4) is 0 Å². The van der Waals surface area contributed by atoms with Gasteiger partial charge in [-0.15, -0.1) is 0 Å². The molecule has 0 saturated heterocycles. The number of fused-ring (bicyclic) bond motifs is 1. The summed E-state index contributed by atoms with van der Waals surface area (Å²) in [6, 6.07) is 9.70. The molecule has 112 valence electrons. The molecule has 1 aromatic carbocycles. The highest BCUT2D eigenvalue weighted by molar-refractivity contribution is 5.81. The van der Waals surface area contributed by atoms with Crippen LogP contribution >= 0.6 is 0 Å². The number of pyridine rings is 1. The molecule has 0 bridgehead atoms. The molecule has 3 rings (SSSR count). The van der Waals surface area contributed by atoms with Gasteiger partial charge in [-0.05, 0) is 42.9 Å². The van der Waals surface area contributed by atoms with Crippen molar-refractivity contribution in [3.05, 3.63) is 42.1 Å². The SMILES string of the molecule is OC(Cc1ccnc2ccccc12)C1CCC(F)(F)CC1. The monoisotopic (exact) mass is 291 g/mol. The molecule has 1 heterocycles. The minimum Gasteiger partial charge on any atom is -0.392 e. The maximum Gasteiger partial charge on any atom is 0.248 e. The van der Waals surface area contributed by atoms with Crippen LogP contribution in [0.15, 0.2) is 36.5 Å². The van der Waals surface area contributed by atoms with Crippen molar-refractivity contribution in [2.24, 2.45) is 5.92 Å². The molecule has 4 heteroatoms. The fourth-order valence-electron chi connectivity index (χ4n) is 3.17. The fourth-order valence-corrected chi connectivity index (χ4v) is 3.17. The van der Waals surface area contributed by atoms with Gasteiger partial charge in [0.2, 0.25) is 5.92 Å². The second-order valence-electron chi connectivity index (χ2n) is 5.95. The van der Waals surface area contributed by atoms with Gasteiger partial charge >= 0.3 is 0 Å². The van der Waals surface area contributed by atoms with Crippen molar-refractivity contribution in [1.82, 2.24) is 4.98 Å². The van der Waals surface area contributed by atoms with Crippen LogP contribution in [0.2, 0.25) is 0 Å². The molecule has 1 fully saturated rings. The zero-order valence-electron chi connectivity index (χ0n) is 11.8. The molecule has 21 heavy (non-hydrogen) atoms. The molecule has 2 aromatic rings. The molecule has 1 aliphatic carbocycles. The summed E-state index contributed by atoms with van der Waals surface area (Å²) in [6.07, 6.45) is 2.26. The number of rotatable bonds is 3. The number of aliphatic hydroxyl groups excluding tert-OH is 1. The van der Waals surface area contributed by atoms with E-state index in [0.29, 0.717) is 19.3 Å². The molecule has 1 N–H and O–H groups in total. The van der Waals surface area contributed by atoms with Crippen molar-refractivity contribution >= 4 is 10.9 Å². The second kappa shape index (κ2) is 5.68. The topological polar surface area (TPSA) is 33.1 Å². The third-order valence-electron chi connectivity index (χ3n) is 4.47. The summed E-state index contributed by atoms with van der Waals surface area (Å²) >= 11 is 0. The molecule has 1 unspecified atom stereocenters. The van der Waals surface area contributed by atoms with Crippen LogP contribution in [0, 0.1) is 5.92 Å². The van der Waals surface area contributed by atoms with Crippen LogP contribution in [0.5, 0.6) is 0 Å². The van der Waals surface area contributed by atoms with E-state index in [1.807, 2.05) is 30.3 Å². The molecule has 1 atom stereocenters. The smallest absolute Gasteiger partial charge is 0.248 e. The number of hydrogen-bond donors (Lipinski definition) is 1. The predicted octanol–water partition coefficient (Wildman–Crippen LogP) is 3.96. The Hall–Kier alpha value is -1.55. The number of nitrogens with zero attached hydrogens (tertiary/aromatic N) is 1. The highest BCUT2D eigenvalue weighted by Crippen LogP contribution is 2.38. The van der Waals surface area contributed by atoms with Crippen LogP contribution in [-0.4, -0.2) is 22.1 Å². The minimum absolute atomic E-state index is 0.0310. The highest BCUT2D eigenvalue weighted by Gasteiger charge is 2.37. The average molecular weight is 291 g/mol. The van der Waals surface area contributed by atoms with Crippen molar-refractivity contribution in [3.8, 4) is 0 Å². The lowest BCUT2D eigenvalue weighted by Gasteiger charge is -2.31. The average Bonchev–Trinajstić information content (AvgIpc) is 2.47. The number of aromatic nitrogens is 1. The first-order chi connectivity index (χ1) is 10.1. The number of aliphatic hydroxyl groups is 1. The molecule has 2 nitrogen and oxygen atoms in total. The van der Waals surface area contributed by atoms with Crippen molar-refractivity contribution in [3.63, 3.8) is 0 Å². The number of benzene rings is 1. The standard InChI is InChI=1S/C17H19F2NO/c18-17(19)8-5-12(6-9-17)16(21)11-13-7-10-20-15-4-2-1-3-14(13)15/h1-4,7,10,12,16,21H,5-6,8-9,11H2. The molecule has 1 aromatic heterocycles. The van der Waals surface area contributed by atoms with Gasteiger partial charge in [0, 0.05) is 24.4 Å². The van der Waals surface area contributed by atoms with E-state index in [0.717, 1.165) is 16.5 Å². The number of para-hydroxylation sites is 1. The van der Waals surface area contributed by atoms with E-state index in [1.165, 1.54) is 0 Å². The quantitative estimate of drug-likeness (QED) is 0.928. The first kappa shape index (κ1) is 14.4. The van der Waals surface area contributed by atoms with Crippen molar-refractivity contribution in [2.45, 2.75) is 44.1 Å². The third kappa shape index (κ3) is 3.21. The molecule has 1 aliphatic rings. The van der Waals surface area contributed by atoms with Crippen molar-refractivity contribution < 1.29 is 13.9 Å². The lowest BCUT2D eigenvalue weighted by atomic mass is 9.81. The van der Waals surface area contributed by atoms with Crippen molar-refractivity contribution in [1.29, 1.82) is 0 Å².